The lowest BCUT2D eigenvalue weighted by molar-refractivity contribution is -0.0437. The minimum atomic E-state index is -0.428. The summed E-state index contributed by atoms with van der Waals surface area (Å²) in [5, 5.41) is 10.6. The SMILES string of the molecule is CC1CC(C)CC(C2(O)CCC(N)C2)C1. The third-order valence-corrected chi connectivity index (χ3v) is 4.50. The van der Waals surface area contributed by atoms with E-state index in [4.69, 9.17) is 5.73 Å². The molecule has 2 aliphatic rings. The molecule has 4 unspecified atom stereocenters. The molecule has 2 fully saturated rings. The summed E-state index contributed by atoms with van der Waals surface area (Å²) in [4.78, 5) is 0. The van der Waals surface area contributed by atoms with Crippen molar-refractivity contribution in [2.75, 3.05) is 0 Å². The average Bonchev–Trinajstić information content (AvgIpc) is 2.46. The van der Waals surface area contributed by atoms with Gasteiger partial charge < -0.3 is 10.8 Å². The van der Waals surface area contributed by atoms with E-state index in [0.717, 1.165) is 31.1 Å². The molecule has 15 heavy (non-hydrogen) atoms. The topological polar surface area (TPSA) is 46.2 Å². The van der Waals surface area contributed by atoms with E-state index >= 15 is 0 Å². The first-order chi connectivity index (χ1) is 6.99. The minimum absolute atomic E-state index is 0.238. The van der Waals surface area contributed by atoms with Crippen LogP contribution in [0.2, 0.25) is 0 Å². The first-order valence-corrected chi connectivity index (χ1v) is 6.47. The van der Waals surface area contributed by atoms with Crippen LogP contribution in [-0.2, 0) is 0 Å². The molecule has 88 valence electrons. The standard InChI is InChI=1S/C13H25NO/c1-9-5-10(2)7-11(6-9)13(15)4-3-12(14)8-13/h9-12,15H,3-8,14H2,1-2H3. The second-order valence-electron chi connectivity index (χ2n) is 6.22. The molecule has 4 atom stereocenters. The van der Waals surface area contributed by atoms with Crippen LogP contribution in [0.25, 0.3) is 0 Å². The predicted molar refractivity (Wildman–Crippen MR) is 62.4 cm³/mol. The molecule has 2 aliphatic carbocycles. The highest BCUT2D eigenvalue weighted by Gasteiger charge is 2.44. The molecule has 2 heteroatoms. The normalized spacial score (nSPS) is 52.0. The molecule has 0 amide bonds. The van der Waals surface area contributed by atoms with Crippen LogP contribution in [0.15, 0.2) is 0 Å². The molecule has 3 N–H and O–H groups in total. The van der Waals surface area contributed by atoms with E-state index in [-0.39, 0.29) is 6.04 Å². The molecule has 0 heterocycles. The smallest absolute Gasteiger partial charge is 0.0691 e. The Kier molecular flexibility index (Phi) is 3.09. The number of rotatable bonds is 1. The summed E-state index contributed by atoms with van der Waals surface area (Å²) in [6, 6.07) is 0.238. The Morgan fingerprint density at radius 2 is 1.73 bits per heavy atom. The summed E-state index contributed by atoms with van der Waals surface area (Å²) in [5.41, 5.74) is 5.50. The van der Waals surface area contributed by atoms with Crippen molar-refractivity contribution in [3.05, 3.63) is 0 Å². The summed E-state index contributed by atoms with van der Waals surface area (Å²) < 4.78 is 0. The third-order valence-electron chi connectivity index (χ3n) is 4.50. The zero-order valence-corrected chi connectivity index (χ0v) is 10.1. The quantitative estimate of drug-likeness (QED) is 0.699. The average molecular weight is 211 g/mol. The first-order valence-electron chi connectivity index (χ1n) is 6.47. The summed E-state index contributed by atoms with van der Waals surface area (Å²) in [7, 11) is 0. The Balaban J connectivity index is 2.03. The molecule has 0 saturated heterocycles. The van der Waals surface area contributed by atoms with Crippen molar-refractivity contribution in [3.8, 4) is 0 Å². The molecular formula is C13H25NO. The van der Waals surface area contributed by atoms with Crippen LogP contribution >= 0.6 is 0 Å². The Morgan fingerprint density at radius 3 is 2.20 bits per heavy atom. The molecule has 0 bridgehead atoms. The van der Waals surface area contributed by atoms with Crippen molar-refractivity contribution >= 4 is 0 Å². The third kappa shape index (κ3) is 2.36. The van der Waals surface area contributed by atoms with Crippen LogP contribution in [0, 0.1) is 17.8 Å². The largest absolute Gasteiger partial charge is 0.390 e. The van der Waals surface area contributed by atoms with Crippen LogP contribution in [0.5, 0.6) is 0 Å². The van der Waals surface area contributed by atoms with E-state index in [2.05, 4.69) is 13.8 Å². The molecule has 2 rings (SSSR count). The lowest BCUT2D eigenvalue weighted by Gasteiger charge is -2.40. The molecule has 0 aromatic rings. The fourth-order valence-corrected chi connectivity index (χ4v) is 3.85. The molecule has 0 aromatic carbocycles. The molecule has 2 saturated carbocycles. The number of hydrogen-bond acceptors (Lipinski definition) is 2. The fourth-order valence-electron chi connectivity index (χ4n) is 3.85. The van der Waals surface area contributed by atoms with Crippen LogP contribution < -0.4 is 5.73 Å². The van der Waals surface area contributed by atoms with Crippen LogP contribution in [0.4, 0.5) is 0 Å². The Labute approximate surface area is 93.2 Å². The minimum Gasteiger partial charge on any atom is -0.390 e. The van der Waals surface area contributed by atoms with Gasteiger partial charge in [-0.15, -0.1) is 0 Å². The monoisotopic (exact) mass is 211 g/mol. The highest BCUT2D eigenvalue weighted by Crippen LogP contribution is 2.45. The van der Waals surface area contributed by atoms with E-state index in [1.807, 2.05) is 0 Å². The van der Waals surface area contributed by atoms with Crippen LogP contribution in [0.1, 0.15) is 52.4 Å². The van der Waals surface area contributed by atoms with Gasteiger partial charge in [0, 0.05) is 6.04 Å². The molecular weight excluding hydrogens is 186 g/mol. The number of nitrogens with two attached hydrogens (primary N) is 1. The van der Waals surface area contributed by atoms with E-state index in [1.54, 1.807) is 0 Å². The fraction of sp³-hybridized carbons (Fsp3) is 1.00. The van der Waals surface area contributed by atoms with Gasteiger partial charge in [-0.05, 0) is 56.3 Å². The van der Waals surface area contributed by atoms with Gasteiger partial charge in [-0.25, -0.2) is 0 Å². The zero-order valence-electron chi connectivity index (χ0n) is 10.1. The van der Waals surface area contributed by atoms with Gasteiger partial charge in [0.1, 0.15) is 0 Å². The maximum Gasteiger partial charge on any atom is 0.0691 e. The number of aliphatic hydroxyl groups is 1. The van der Waals surface area contributed by atoms with E-state index in [0.29, 0.717) is 5.92 Å². The van der Waals surface area contributed by atoms with Crippen molar-refractivity contribution in [1.29, 1.82) is 0 Å². The molecule has 0 aliphatic heterocycles. The predicted octanol–water partition coefficient (Wildman–Crippen LogP) is 2.30. The second kappa shape index (κ2) is 4.06. The highest BCUT2D eigenvalue weighted by molar-refractivity contribution is 4.98. The molecule has 2 nitrogen and oxygen atoms in total. The van der Waals surface area contributed by atoms with Crippen molar-refractivity contribution in [1.82, 2.24) is 0 Å². The lowest BCUT2D eigenvalue weighted by Crippen LogP contribution is -2.40. The van der Waals surface area contributed by atoms with E-state index in [1.165, 1.54) is 19.3 Å². The van der Waals surface area contributed by atoms with Gasteiger partial charge in [-0.2, -0.15) is 0 Å². The van der Waals surface area contributed by atoms with E-state index in [9.17, 15) is 5.11 Å². The van der Waals surface area contributed by atoms with Gasteiger partial charge in [0.05, 0.1) is 5.60 Å². The zero-order chi connectivity index (χ0) is 11.1. The van der Waals surface area contributed by atoms with Crippen molar-refractivity contribution in [2.24, 2.45) is 23.5 Å². The lowest BCUT2D eigenvalue weighted by atomic mass is 9.69. The summed E-state index contributed by atoms with van der Waals surface area (Å²) in [6.45, 7) is 4.64. The molecule has 0 aromatic heterocycles. The summed E-state index contributed by atoms with van der Waals surface area (Å²) >= 11 is 0. The van der Waals surface area contributed by atoms with Gasteiger partial charge in [-0.3, -0.25) is 0 Å². The van der Waals surface area contributed by atoms with E-state index < -0.39 is 5.60 Å². The van der Waals surface area contributed by atoms with Crippen LogP contribution in [-0.4, -0.2) is 16.7 Å². The summed E-state index contributed by atoms with van der Waals surface area (Å²) in [6.07, 6.45) is 6.50. The first kappa shape index (κ1) is 11.4. The van der Waals surface area contributed by atoms with Crippen molar-refractivity contribution < 1.29 is 5.11 Å². The highest BCUT2D eigenvalue weighted by atomic mass is 16.3. The van der Waals surface area contributed by atoms with Crippen molar-refractivity contribution in [3.63, 3.8) is 0 Å². The van der Waals surface area contributed by atoms with Crippen LogP contribution in [0.3, 0.4) is 0 Å². The Morgan fingerprint density at radius 1 is 1.13 bits per heavy atom. The Bertz CT molecular complexity index is 221. The van der Waals surface area contributed by atoms with Crippen molar-refractivity contribution in [2.45, 2.75) is 64.0 Å². The van der Waals surface area contributed by atoms with Gasteiger partial charge in [0.15, 0.2) is 0 Å². The molecule has 0 radical (unpaired) electrons. The van der Waals surface area contributed by atoms with Gasteiger partial charge in [0.2, 0.25) is 0 Å². The van der Waals surface area contributed by atoms with Gasteiger partial charge >= 0.3 is 0 Å². The Hall–Kier alpha value is -0.0800. The molecule has 0 spiro atoms. The van der Waals surface area contributed by atoms with Gasteiger partial charge in [0.25, 0.3) is 0 Å². The number of hydrogen-bond donors (Lipinski definition) is 2. The second-order valence-corrected chi connectivity index (χ2v) is 6.22. The maximum absolute atomic E-state index is 10.6. The maximum atomic E-state index is 10.6. The summed E-state index contributed by atoms with van der Waals surface area (Å²) in [5.74, 6) is 2.06. The van der Waals surface area contributed by atoms with Gasteiger partial charge in [-0.1, -0.05) is 13.8 Å².